The highest BCUT2D eigenvalue weighted by Crippen LogP contribution is 2.45. The Bertz CT molecular complexity index is 1320. The van der Waals surface area contributed by atoms with Crippen LogP contribution in [0.2, 0.25) is 0 Å². The Kier molecular flexibility index (Phi) is 4.90. The van der Waals surface area contributed by atoms with Gasteiger partial charge >= 0.3 is 11.7 Å². The molecule has 0 bridgehead atoms. The molecule has 168 valence electrons. The molecule has 0 saturated heterocycles. The molecule has 0 aromatic carbocycles. The zero-order chi connectivity index (χ0) is 22.8. The lowest BCUT2D eigenvalue weighted by molar-refractivity contribution is -0.141. The van der Waals surface area contributed by atoms with E-state index >= 15 is 0 Å². The molecule has 0 unspecified atom stereocenters. The normalized spacial score (nSPS) is 21.1. The molecular formula is C22H31N5O4. The molecule has 0 aliphatic heterocycles. The van der Waals surface area contributed by atoms with Crippen molar-refractivity contribution in [2.45, 2.75) is 66.5 Å². The summed E-state index contributed by atoms with van der Waals surface area (Å²) in [7, 11) is 2.80. The van der Waals surface area contributed by atoms with Crippen LogP contribution in [0.3, 0.4) is 0 Å². The molecule has 3 aromatic heterocycles. The van der Waals surface area contributed by atoms with Gasteiger partial charge in [-0.05, 0) is 44.4 Å². The lowest BCUT2D eigenvalue weighted by Crippen LogP contribution is -2.41. The maximum absolute atomic E-state index is 13.3. The van der Waals surface area contributed by atoms with Gasteiger partial charge in [-0.15, -0.1) is 0 Å². The Hall–Kier alpha value is -2.84. The fourth-order valence-corrected chi connectivity index (χ4v) is 5.54. The first-order chi connectivity index (χ1) is 14.5. The number of nitrogens with zero attached hydrogens (tertiary/aromatic N) is 5. The van der Waals surface area contributed by atoms with Crippen LogP contribution in [0.5, 0.6) is 0 Å². The van der Waals surface area contributed by atoms with Crippen molar-refractivity contribution in [1.29, 1.82) is 0 Å². The van der Waals surface area contributed by atoms with Crippen LogP contribution in [-0.2, 0) is 23.1 Å². The average Bonchev–Trinajstić information content (AvgIpc) is 3.17. The van der Waals surface area contributed by atoms with E-state index in [9.17, 15) is 14.4 Å². The fourth-order valence-electron chi connectivity index (χ4n) is 5.54. The molecule has 1 aliphatic carbocycles. The van der Waals surface area contributed by atoms with E-state index in [-0.39, 0.29) is 11.5 Å². The predicted molar refractivity (Wildman–Crippen MR) is 118 cm³/mol. The van der Waals surface area contributed by atoms with E-state index in [0.29, 0.717) is 22.9 Å². The fraction of sp³-hybridized carbons (Fsp3) is 0.636. The summed E-state index contributed by atoms with van der Waals surface area (Å²) in [6.45, 7) is 10.5. The lowest BCUT2D eigenvalue weighted by atomic mass is 9.70. The van der Waals surface area contributed by atoms with E-state index in [2.05, 4.69) is 37.0 Å². The second-order valence-corrected chi connectivity index (χ2v) is 9.84. The first-order valence-electron chi connectivity index (χ1n) is 10.7. The maximum atomic E-state index is 13.3. The van der Waals surface area contributed by atoms with Gasteiger partial charge in [0.2, 0.25) is 5.78 Å². The third-order valence-electron chi connectivity index (χ3n) is 6.80. The van der Waals surface area contributed by atoms with Gasteiger partial charge in [0.15, 0.2) is 11.2 Å². The number of ether oxygens (including phenoxy) is 1. The zero-order valence-corrected chi connectivity index (χ0v) is 19.4. The maximum Gasteiger partial charge on any atom is 0.333 e. The highest BCUT2D eigenvalue weighted by molar-refractivity contribution is 5.77. The largest absolute Gasteiger partial charge is 0.468 e. The first kappa shape index (κ1) is 21.4. The van der Waals surface area contributed by atoms with Gasteiger partial charge in [0, 0.05) is 24.5 Å². The molecule has 1 aliphatic rings. The number of methoxy groups -OCH3 is 1. The van der Waals surface area contributed by atoms with Crippen molar-refractivity contribution in [2.75, 3.05) is 7.11 Å². The summed E-state index contributed by atoms with van der Waals surface area (Å²) < 4.78 is 11.0. The van der Waals surface area contributed by atoms with Crippen molar-refractivity contribution < 1.29 is 9.53 Å². The molecule has 0 N–H and O–H groups in total. The van der Waals surface area contributed by atoms with Crippen LogP contribution in [0.4, 0.5) is 0 Å². The Labute approximate surface area is 180 Å². The predicted octanol–water partition coefficient (Wildman–Crippen LogP) is 2.33. The summed E-state index contributed by atoms with van der Waals surface area (Å²) in [5.41, 5.74) is 1.71. The lowest BCUT2D eigenvalue weighted by Gasteiger charge is -2.40. The number of carbonyl (C=O) groups excluding carboxylic acids is 1. The van der Waals surface area contributed by atoms with Gasteiger partial charge < -0.3 is 9.30 Å². The number of aromatic nitrogens is 5. The molecule has 2 atom stereocenters. The summed E-state index contributed by atoms with van der Waals surface area (Å²) in [5, 5.41) is 0. The average molecular weight is 430 g/mol. The van der Waals surface area contributed by atoms with Crippen molar-refractivity contribution >= 4 is 22.9 Å². The number of hydrogen-bond donors (Lipinski definition) is 0. The van der Waals surface area contributed by atoms with Crippen molar-refractivity contribution in [3.05, 3.63) is 32.2 Å². The Balaban J connectivity index is 2.03. The van der Waals surface area contributed by atoms with Crippen LogP contribution >= 0.6 is 0 Å². The number of esters is 1. The molecule has 3 aromatic rings. The van der Waals surface area contributed by atoms with Gasteiger partial charge in [0.25, 0.3) is 5.56 Å². The van der Waals surface area contributed by atoms with E-state index in [0.717, 1.165) is 28.8 Å². The minimum Gasteiger partial charge on any atom is -0.468 e. The number of imidazole rings is 2. The van der Waals surface area contributed by atoms with E-state index in [1.807, 2.05) is 11.3 Å². The molecule has 9 heteroatoms. The van der Waals surface area contributed by atoms with E-state index in [1.165, 1.54) is 18.1 Å². The second kappa shape index (κ2) is 7.10. The van der Waals surface area contributed by atoms with E-state index in [1.54, 1.807) is 7.05 Å². The molecule has 1 fully saturated rings. The number of aryl methyl sites for hydroxylation is 2. The summed E-state index contributed by atoms with van der Waals surface area (Å²) in [6.07, 6.45) is 3.25. The van der Waals surface area contributed by atoms with Crippen LogP contribution in [0.1, 0.15) is 57.5 Å². The first-order valence-corrected chi connectivity index (χ1v) is 10.7. The zero-order valence-electron chi connectivity index (χ0n) is 19.4. The second-order valence-electron chi connectivity index (χ2n) is 9.84. The Morgan fingerprint density at radius 1 is 1.19 bits per heavy atom. The summed E-state index contributed by atoms with van der Waals surface area (Å²) >= 11 is 0. The third kappa shape index (κ3) is 3.21. The van der Waals surface area contributed by atoms with Crippen LogP contribution in [-0.4, -0.2) is 36.2 Å². The van der Waals surface area contributed by atoms with Gasteiger partial charge in [-0.1, -0.05) is 20.8 Å². The molecule has 0 radical (unpaired) electrons. The minimum absolute atomic E-state index is 0.218. The highest BCUT2D eigenvalue weighted by atomic mass is 16.5. The van der Waals surface area contributed by atoms with Gasteiger partial charge in [-0.3, -0.25) is 18.6 Å². The van der Waals surface area contributed by atoms with Gasteiger partial charge in [0.1, 0.15) is 6.54 Å². The highest BCUT2D eigenvalue weighted by Gasteiger charge is 2.35. The topological polar surface area (TPSA) is 92.5 Å². The molecule has 31 heavy (non-hydrogen) atoms. The molecule has 0 amide bonds. The standard InChI is InChI=1S/C22H31N5O4/c1-12-8-15(10-22(4,5)9-12)26-13(2)14(3)27-17-18(23-20(26)27)24(6)21(30)25(19(17)29)11-16(28)31-7/h12,15H,8-11H2,1-7H3/t12-,15-/m1/s1. The molecule has 0 spiro atoms. The Morgan fingerprint density at radius 2 is 1.87 bits per heavy atom. The molecule has 3 heterocycles. The molecule has 1 saturated carbocycles. The number of rotatable bonds is 3. The van der Waals surface area contributed by atoms with E-state index < -0.39 is 23.8 Å². The van der Waals surface area contributed by atoms with Crippen molar-refractivity contribution in [3.63, 3.8) is 0 Å². The molecule has 4 rings (SSSR count). The quantitative estimate of drug-likeness (QED) is 0.596. The van der Waals surface area contributed by atoms with Crippen LogP contribution in [0.15, 0.2) is 9.59 Å². The minimum atomic E-state index is -0.650. The van der Waals surface area contributed by atoms with E-state index in [4.69, 9.17) is 4.98 Å². The summed E-state index contributed by atoms with van der Waals surface area (Å²) in [5.74, 6) is 0.605. The van der Waals surface area contributed by atoms with Gasteiger partial charge in [0.05, 0.1) is 7.11 Å². The third-order valence-corrected chi connectivity index (χ3v) is 6.80. The van der Waals surface area contributed by atoms with Crippen LogP contribution < -0.4 is 11.2 Å². The SMILES string of the molecule is COC(=O)Cn1c(=O)c2c(nc3n([C@@H]4C[C@@H](C)CC(C)(C)C4)c(C)c(C)n23)n(C)c1=O. The number of fused-ring (bicyclic) bond motifs is 3. The number of carbonyl (C=O) groups is 1. The summed E-state index contributed by atoms with van der Waals surface area (Å²) in [4.78, 5) is 42.7. The molecular weight excluding hydrogens is 398 g/mol. The Morgan fingerprint density at radius 3 is 2.48 bits per heavy atom. The van der Waals surface area contributed by atoms with Crippen molar-refractivity contribution in [3.8, 4) is 0 Å². The van der Waals surface area contributed by atoms with Crippen LogP contribution in [0, 0.1) is 25.2 Å². The van der Waals surface area contributed by atoms with Crippen LogP contribution in [0.25, 0.3) is 16.9 Å². The number of hydrogen-bond acceptors (Lipinski definition) is 5. The van der Waals surface area contributed by atoms with Gasteiger partial charge in [-0.2, -0.15) is 4.98 Å². The monoisotopic (exact) mass is 429 g/mol. The smallest absolute Gasteiger partial charge is 0.333 e. The van der Waals surface area contributed by atoms with Crippen molar-refractivity contribution in [2.24, 2.45) is 18.4 Å². The summed E-state index contributed by atoms with van der Waals surface area (Å²) in [6, 6.07) is 0.265. The molecule has 9 nitrogen and oxygen atoms in total. The van der Waals surface area contributed by atoms with Gasteiger partial charge in [-0.25, -0.2) is 9.36 Å². The van der Waals surface area contributed by atoms with Crippen molar-refractivity contribution in [1.82, 2.24) is 23.1 Å².